The summed E-state index contributed by atoms with van der Waals surface area (Å²) in [5.74, 6) is 0. The number of amides is 1. The van der Waals surface area contributed by atoms with Crippen LogP contribution in [0.5, 0.6) is 0 Å². The molecule has 21 heavy (non-hydrogen) atoms. The number of hydrogen-bond acceptors (Lipinski definition) is 3. The second-order valence-electron chi connectivity index (χ2n) is 5.03. The zero-order chi connectivity index (χ0) is 15.7. The molecule has 0 aliphatic carbocycles. The van der Waals surface area contributed by atoms with Crippen molar-refractivity contribution in [3.8, 4) is 0 Å². The molecule has 1 aromatic rings. The maximum atomic E-state index is 12.8. The minimum atomic E-state index is -4.42. The molecule has 116 valence electrons. The summed E-state index contributed by atoms with van der Waals surface area (Å²) in [6, 6.07) is 4.98. The molecule has 0 aromatic heterocycles. The number of nitrogens with zero attached hydrogens (tertiary/aromatic N) is 1. The molecule has 0 N–H and O–H groups in total. The van der Waals surface area contributed by atoms with Crippen LogP contribution in [0.2, 0.25) is 0 Å². The molecule has 0 atom stereocenters. The number of rotatable bonds is 2. The predicted octanol–water partition coefficient (Wildman–Crippen LogP) is 1.99. The molecule has 0 spiro atoms. The first-order valence-corrected chi connectivity index (χ1v) is 6.47. The molecule has 1 aliphatic heterocycles. The average molecular weight is 302 g/mol. The monoisotopic (exact) mass is 302 g/mol. The van der Waals surface area contributed by atoms with E-state index >= 15 is 0 Å². The molecule has 1 aliphatic rings. The van der Waals surface area contributed by atoms with Gasteiger partial charge in [-0.3, -0.25) is 0 Å². The van der Waals surface area contributed by atoms with Crippen molar-refractivity contribution in [1.82, 2.24) is 4.90 Å². The molecule has 0 unspecified atom stereocenters. The Morgan fingerprint density at radius 2 is 1.95 bits per heavy atom. The van der Waals surface area contributed by atoms with Crippen LogP contribution in [0, 0.1) is 0 Å². The average Bonchev–Trinajstić information content (AvgIpc) is 2.46. The van der Waals surface area contributed by atoms with E-state index in [0.717, 1.165) is 17.0 Å². The number of ether oxygens (including phenoxy) is 1. The predicted molar refractivity (Wildman–Crippen MR) is 66.3 cm³/mol. The van der Waals surface area contributed by atoms with Crippen LogP contribution < -0.4 is 5.11 Å². The van der Waals surface area contributed by atoms with Gasteiger partial charge in [-0.25, -0.2) is 0 Å². The van der Waals surface area contributed by atoms with Crippen molar-refractivity contribution in [3.63, 3.8) is 0 Å². The third-order valence-electron chi connectivity index (χ3n) is 3.94. The Morgan fingerprint density at radius 3 is 2.43 bits per heavy atom. The Bertz CT molecular complexity index is 522. The molecule has 1 heterocycles. The lowest BCUT2D eigenvalue weighted by Crippen LogP contribution is -2.50. The minimum absolute atomic E-state index is 0.173. The van der Waals surface area contributed by atoms with Crippen LogP contribution in [-0.4, -0.2) is 31.2 Å². The maximum Gasteiger partial charge on any atom is 0.416 e. The highest BCUT2D eigenvalue weighted by molar-refractivity contribution is 5.62. The Balaban J connectivity index is 2.28. The Morgan fingerprint density at radius 1 is 1.33 bits per heavy atom. The zero-order valence-corrected chi connectivity index (χ0v) is 11.4. The first kappa shape index (κ1) is 15.6. The summed E-state index contributed by atoms with van der Waals surface area (Å²) >= 11 is 0. The molecule has 0 radical (unpaired) electrons. The fourth-order valence-electron chi connectivity index (χ4n) is 2.64. The lowest BCUT2D eigenvalue weighted by Gasteiger charge is -2.42. The molecule has 1 aromatic carbocycles. The smallest absolute Gasteiger partial charge is 0.416 e. The molecule has 7 heteroatoms. The third kappa shape index (κ3) is 3.12. The second-order valence-corrected chi connectivity index (χ2v) is 5.03. The van der Waals surface area contributed by atoms with Crippen LogP contribution in [-0.2, 0) is 16.5 Å². The van der Waals surface area contributed by atoms with E-state index in [1.54, 1.807) is 6.07 Å². The number of alkyl halides is 3. The zero-order valence-electron chi connectivity index (χ0n) is 11.4. The number of likely N-dealkylation sites (tertiary alicyclic amines) is 1. The number of methoxy groups -OCH3 is 1. The molecule has 0 saturated carbocycles. The summed E-state index contributed by atoms with van der Waals surface area (Å²) in [6.07, 6.45) is -5.11. The van der Waals surface area contributed by atoms with Gasteiger partial charge in [0.1, 0.15) is 6.09 Å². The SMILES string of the molecule is COC1(c2cccc(C(F)(F)F)c2)CCN(C(=O)[O-])CC1. The molecule has 4 nitrogen and oxygen atoms in total. The van der Waals surface area contributed by atoms with Crippen LogP contribution in [0.25, 0.3) is 0 Å². The second kappa shape index (κ2) is 5.55. The Labute approximate surface area is 120 Å². The number of benzene rings is 1. The lowest BCUT2D eigenvalue weighted by atomic mass is 9.83. The van der Waals surface area contributed by atoms with Gasteiger partial charge in [0.25, 0.3) is 0 Å². The van der Waals surface area contributed by atoms with E-state index in [4.69, 9.17) is 4.74 Å². The fraction of sp³-hybridized carbons (Fsp3) is 0.500. The summed E-state index contributed by atoms with van der Waals surface area (Å²) in [4.78, 5) is 11.9. The van der Waals surface area contributed by atoms with Gasteiger partial charge in [0.05, 0.1) is 11.2 Å². The van der Waals surface area contributed by atoms with Crippen LogP contribution in [0.4, 0.5) is 18.0 Å². The van der Waals surface area contributed by atoms with Crippen LogP contribution in [0.3, 0.4) is 0 Å². The van der Waals surface area contributed by atoms with E-state index in [1.165, 1.54) is 13.2 Å². The Hall–Kier alpha value is -1.76. The molecule has 2 rings (SSSR count). The topological polar surface area (TPSA) is 52.6 Å². The molecule has 1 amide bonds. The molecular formula is C14H15F3NO3-. The molecule has 1 fully saturated rings. The number of halogens is 3. The van der Waals surface area contributed by atoms with Crippen LogP contribution in [0.15, 0.2) is 24.3 Å². The Kier molecular flexibility index (Phi) is 4.13. The van der Waals surface area contributed by atoms with Crippen molar-refractivity contribution in [2.45, 2.75) is 24.6 Å². The summed E-state index contributed by atoms with van der Waals surface area (Å²) in [5, 5.41) is 10.8. The van der Waals surface area contributed by atoms with Gasteiger partial charge in [0, 0.05) is 20.2 Å². The lowest BCUT2D eigenvalue weighted by molar-refractivity contribution is -0.268. The first-order chi connectivity index (χ1) is 9.78. The number of carbonyl (C=O) groups excluding carboxylic acids is 1. The highest BCUT2D eigenvalue weighted by Gasteiger charge is 2.38. The van der Waals surface area contributed by atoms with E-state index in [9.17, 15) is 23.1 Å². The van der Waals surface area contributed by atoms with Crippen molar-refractivity contribution < 1.29 is 27.8 Å². The fourth-order valence-corrected chi connectivity index (χ4v) is 2.64. The first-order valence-electron chi connectivity index (χ1n) is 6.47. The summed E-state index contributed by atoms with van der Waals surface area (Å²) < 4.78 is 43.8. The quantitative estimate of drug-likeness (QED) is 0.839. The normalized spacial score (nSPS) is 18.6. The maximum absolute atomic E-state index is 12.8. The van der Waals surface area contributed by atoms with Crippen molar-refractivity contribution in [1.29, 1.82) is 0 Å². The van der Waals surface area contributed by atoms with E-state index in [0.29, 0.717) is 18.4 Å². The van der Waals surface area contributed by atoms with Gasteiger partial charge >= 0.3 is 6.18 Å². The largest absolute Gasteiger partial charge is 0.530 e. The van der Waals surface area contributed by atoms with E-state index in [2.05, 4.69) is 0 Å². The van der Waals surface area contributed by atoms with Crippen molar-refractivity contribution in [2.24, 2.45) is 0 Å². The van der Waals surface area contributed by atoms with Gasteiger partial charge in [-0.2, -0.15) is 13.2 Å². The molecule has 0 bridgehead atoms. The number of piperidine rings is 1. The summed E-state index contributed by atoms with van der Waals surface area (Å²) in [7, 11) is 1.43. The van der Waals surface area contributed by atoms with Crippen molar-refractivity contribution in [2.75, 3.05) is 20.2 Å². The third-order valence-corrected chi connectivity index (χ3v) is 3.94. The van der Waals surface area contributed by atoms with Gasteiger partial charge < -0.3 is 19.5 Å². The highest BCUT2D eigenvalue weighted by atomic mass is 19.4. The van der Waals surface area contributed by atoms with Gasteiger partial charge in [0.15, 0.2) is 0 Å². The van der Waals surface area contributed by atoms with Gasteiger partial charge in [-0.1, -0.05) is 12.1 Å². The highest BCUT2D eigenvalue weighted by Crippen LogP contribution is 2.38. The van der Waals surface area contributed by atoms with Crippen molar-refractivity contribution >= 4 is 6.09 Å². The van der Waals surface area contributed by atoms with Gasteiger partial charge in [0.2, 0.25) is 0 Å². The van der Waals surface area contributed by atoms with E-state index in [1.807, 2.05) is 0 Å². The van der Waals surface area contributed by atoms with Crippen LogP contribution >= 0.6 is 0 Å². The van der Waals surface area contributed by atoms with E-state index in [-0.39, 0.29) is 13.1 Å². The van der Waals surface area contributed by atoms with Crippen LogP contribution in [0.1, 0.15) is 24.0 Å². The molecular weight excluding hydrogens is 287 g/mol. The minimum Gasteiger partial charge on any atom is -0.530 e. The van der Waals surface area contributed by atoms with Crippen molar-refractivity contribution in [3.05, 3.63) is 35.4 Å². The van der Waals surface area contributed by atoms with E-state index < -0.39 is 23.4 Å². The summed E-state index contributed by atoms with van der Waals surface area (Å²) in [5.41, 5.74) is -1.22. The van der Waals surface area contributed by atoms with Gasteiger partial charge in [-0.05, 0) is 30.5 Å². The molecule has 1 saturated heterocycles. The number of hydrogen-bond donors (Lipinski definition) is 0. The number of carboxylic acid groups (broad SMARTS) is 1. The standard InChI is InChI=1S/C14H16F3NO3/c1-21-13(5-7-18(8-6-13)12(19)20)10-3-2-4-11(9-10)14(15,16)17/h2-4,9H,5-8H2,1H3,(H,19,20)/p-1. The summed E-state index contributed by atoms with van der Waals surface area (Å²) in [6.45, 7) is 0.346. The van der Waals surface area contributed by atoms with Gasteiger partial charge in [-0.15, -0.1) is 0 Å². The number of carbonyl (C=O) groups is 1.